The Kier molecular flexibility index (Phi) is 9.09. The molecule has 0 aliphatic carbocycles. The number of carbonyl (C=O) groups is 1. The Labute approximate surface area is 120 Å². The molecule has 0 heterocycles. The predicted molar refractivity (Wildman–Crippen MR) is 82.6 cm³/mol. The molecule has 6 heteroatoms. The molecule has 0 bridgehead atoms. The van der Waals surface area contributed by atoms with Crippen LogP contribution in [0.5, 0.6) is 0 Å². The molecule has 0 atom stereocenters. The lowest BCUT2D eigenvalue weighted by molar-refractivity contribution is -0.128. The van der Waals surface area contributed by atoms with Crippen molar-refractivity contribution >= 4 is 35.8 Å². The van der Waals surface area contributed by atoms with Crippen molar-refractivity contribution in [3.05, 3.63) is 12.2 Å². The Morgan fingerprint density at radius 3 is 2.41 bits per heavy atom. The first-order valence-electron chi connectivity index (χ1n) is 5.20. The van der Waals surface area contributed by atoms with Gasteiger partial charge in [-0.3, -0.25) is 9.79 Å². The quantitative estimate of drug-likeness (QED) is 0.297. The first kappa shape index (κ1) is 18.6. The van der Waals surface area contributed by atoms with Crippen LogP contribution in [0, 0.1) is 5.41 Å². The van der Waals surface area contributed by atoms with E-state index in [2.05, 4.69) is 22.2 Å². The highest BCUT2D eigenvalue weighted by atomic mass is 127. The number of amides is 1. The van der Waals surface area contributed by atoms with E-state index >= 15 is 0 Å². The van der Waals surface area contributed by atoms with Crippen molar-refractivity contribution in [2.45, 2.75) is 20.8 Å². The highest BCUT2D eigenvalue weighted by Gasteiger charge is 2.26. The maximum atomic E-state index is 11.5. The van der Waals surface area contributed by atoms with Crippen LogP contribution in [0.4, 0.5) is 0 Å². The van der Waals surface area contributed by atoms with Crippen molar-refractivity contribution in [3.8, 4) is 0 Å². The summed E-state index contributed by atoms with van der Waals surface area (Å²) in [6.07, 6.45) is 0. The monoisotopic (exact) mass is 354 g/mol. The molecule has 0 aromatic rings. The van der Waals surface area contributed by atoms with E-state index in [0.717, 1.165) is 5.57 Å². The smallest absolute Gasteiger partial charge is 0.227 e. The van der Waals surface area contributed by atoms with Gasteiger partial charge in [0.2, 0.25) is 5.91 Å². The minimum Gasteiger partial charge on any atom is -0.370 e. The Morgan fingerprint density at radius 2 is 2.00 bits per heavy atom. The number of nitrogens with one attached hydrogen (secondary N) is 2. The molecule has 0 unspecified atom stereocenters. The maximum absolute atomic E-state index is 11.5. The molecule has 0 fully saturated rings. The van der Waals surface area contributed by atoms with Crippen molar-refractivity contribution in [1.29, 1.82) is 0 Å². The zero-order chi connectivity index (χ0) is 12.8. The molecular formula is C11H23IN4O. The van der Waals surface area contributed by atoms with E-state index in [9.17, 15) is 4.79 Å². The van der Waals surface area contributed by atoms with E-state index in [1.54, 1.807) is 7.05 Å². The minimum absolute atomic E-state index is 0. The fraction of sp³-hybridized carbons (Fsp3) is 0.636. The zero-order valence-electron chi connectivity index (χ0n) is 11.0. The topological polar surface area (TPSA) is 79.5 Å². The van der Waals surface area contributed by atoms with Gasteiger partial charge in [0.05, 0.1) is 12.0 Å². The number of rotatable bonds is 5. The third-order valence-electron chi connectivity index (χ3n) is 2.06. The minimum atomic E-state index is -0.551. The number of nitrogens with two attached hydrogens (primary N) is 1. The normalized spacial score (nSPS) is 11.4. The van der Waals surface area contributed by atoms with Crippen molar-refractivity contribution < 1.29 is 4.79 Å². The van der Waals surface area contributed by atoms with Gasteiger partial charge in [0.15, 0.2) is 5.96 Å². The molecule has 5 nitrogen and oxygen atoms in total. The standard InChI is InChI=1S/C11H22N4O.HI/c1-8(2)6-14-10(12)15-7-11(3,4)9(16)13-5;/h1,6-7H2,2-5H3,(H,13,16)(H3,12,14,15);1H. The zero-order valence-corrected chi connectivity index (χ0v) is 13.3. The van der Waals surface area contributed by atoms with Gasteiger partial charge in [-0.25, -0.2) is 0 Å². The SMILES string of the molecule is C=C(C)CNC(N)=NCC(C)(C)C(=O)NC.I. The lowest BCUT2D eigenvalue weighted by Gasteiger charge is -2.20. The van der Waals surface area contributed by atoms with Crippen LogP contribution < -0.4 is 16.4 Å². The van der Waals surface area contributed by atoms with Crippen molar-refractivity contribution in [3.63, 3.8) is 0 Å². The number of carbonyl (C=O) groups excluding carboxylic acids is 1. The van der Waals surface area contributed by atoms with Crippen LogP contribution in [0.15, 0.2) is 17.1 Å². The Bertz CT molecular complexity index is 300. The highest BCUT2D eigenvalue weighted by Crippen LogP contribution is 2.14. The molecule has 0 aromatic heterocycles. The van der Waals surface area contributed by atoms with Gasteiger partial charge in [-0.2, -0.15) is 0 Å². The summed E-state index contributed by atoms with van der Waals surface area (Å²) in [7, 11) is 1.61. The fourth-order valence-electron chi connectivity index (χ4n) is 0.990. The molecule has 0 aromatic carbocycles. The number of aliphatic imine (C=N–C) groups is 1. The summed E-state index contributed by atoms with van der Waals surface area (Å²) in [5.74, 6) is 0.281. The highest BCUT2D eigenvalue weighted by molar-refractivity contribution is 14.0. The average molecular weight is 354 g/mol. The lowest BCUT2D eigenvalue weighted by atomic mass is 9.93. The first-order chi connectivity index (χ1) is 7.29. The van der Waals surface area contributed by atoms with Crippen molar-refractivity contribution in [2.75, 3.05) is 20.1 Å². The third kappa shape index (κ3) is 8.00. The number of halogens is 1. The van der Waals surface area contributed by atoms with E-state index < -0.39 is 5.41 Å². The van der Waals surface area contributed by atoms with Crippen LogP contribution in [0.25, 0.3) is 0 Å². The molecule has 17 heavy (non-hydrogen) atoms. The van der Waals surface area contributed by atoms with Gasteiger partial charge >= 0.3 is 0 Å². The summed E-state index contributed by atoms with van der Waals surface area (Å²) in [5, 5.41) is 5.50. The number of nitrogens with zero attached hydrogens (tertiary/aromatic N) is 1. The van der Waals surface area contributed by atoms with Crippen LogP contribution in [0.1, 0.15) is 20.8 Å². The second-order valence-corrected chi connectivity index (χ2v) is 4.48. The average Bonchev–Trinajstić information content (AvgIpc) is 2.22. The maximum Gasteiger partial charge on any atom is 0.227 e. The number of hydrogen-bond donors (Lipinski definition) is 3. The van der Waals surface area contributed by atoms with Gasteiger partial charge in [0.1, 0.15) is 0 Å². The van der Waals surface area contributed by atoms with Gasteiger partial charge in [-0.05, 0) is 20.8 Å². The van der Waals surface area contributed by atoms with Gasteiger partial charge < -0.3 is 16.4 Å². The Hall–Kier alpha value is -0.790. The van der Waals surface area contributed by atoms with Crippen LogP contribution in [0.2, 0.25) is 0 Å². The molecule has 0 spiro atoms. The van der Waals surface area contributed by atoms with Gasteiger partial charge in [-0.1, -0.05) is 12.2 Å². The Balaban J connectivity index is 0. The summed E-state index contributed by atoms with van der Waals surface area (Å²) in [6, 6.07) is 0. The molecule has 0 rings (SSSR count). The number of hydrogen-bond acceptors (Lipinski definition) is 2. The van der Waals surface area contributed by atoms with Crippen LogP contribution in [-0.4, -0.2) is 32.0 Å². The van der Waals surface area contributed by atoms with E-state index in [1.165, 1.54) is 0 Å². The summed E-state index contributed by atoms with van der Waals surface area (Å²) in [6.45, 7) is 10.2. The molecule has 0 aliphatic rings. The van der Waals surface area contributed by atoms with E-state index in [1.807, 2.05) is 20.8 Å². The molecule has 0 saturated heterocycles. The summed E-state index contributed by atoms with van der Waals surface area (Å²) in [4.78, 5) is 15.6. The van der Waals surface area contributed by atoms with E-state index in [-0.39, 0.29) is 29.9 Å². The summed E-state index contributed by atoms with van der Waals surface area (Å²) < 4.78 is 0. The second-order valence-electron chi connectivity index (χ2n) is 4.48. The molecule has 100 valence electrons. The van der Waals surface area contributed by atoms with E-state index in [4.69, 9.17) is 5.73 Å². The lowest BCUT2D eigenvalue weighted by Crippen LogP contribution is -2.39. The van der Waals surface area contributed by atoms with Gasteiger partial charge in [0.25, 0.3) is 0 Å². The van der Waals surface area contributed by atoms with Crippen LogP contribution in [0.3, 0.4) is 0 Å². The summed E-state index contributed by atoms with van der Waals surface area (Å²) in [5.41, 5.74) is 6.06. The molecule has 0 aliphatic heterocycles. The molecule has 1 amide bonds. The van der Waals surface area contributed by atoms with Gasteiger partial charge in [0, 0.05) is 13.6 Å². The van der Waals surface area contributed by atoms with Gasteiger partial charge in [-0.15, -0.1) is 24.0 Å². The molecular weight excluding hydrogens is 331 g/mol. The van der Waals surface area contributed by atoms with Crippen LogP contribution >= 0.6 is 24.0 Å². The van der Waals surface area contributed by atoms with Crippen molar-refractivity contribution in [1.82, 2.24) is 10.6 Å². The fourth-order valence-corrected chi connectivity index (χ4v) is 0.990. The molecule has 0 radical (unpaired) electrons. The van der Waals surface area contributed by atoms with Crippen molar-refractivity contribution in [2.24, 2.45) is 16.1 Å². The molecule has 0 saturated carbocycles. The third-order valence-corrected chi connectivity index (χ3v) is 2.06. The first-order valence-corrected chi connectivity index (χ1v) is 5.20. The largest absolute Gasteiger partial charge is 0.370 e. The predicted octanol–water partition coefficient (Wildman–Crippen LogP) is 0.857. The van der Waals surface area contributed by atoms with E-state index in [0.29, 0.717) is 19.0 Å². The molecule has 4 N–H and O–H groups in total. The van der Waals surface area contributed by atoms with Crippen LogP contribution in [-0.2, 0) is 4.79 Å². The number of guanidine groups is 1. The Morgan fingerprint density at radius 1 is 1.47 bits per heavy atom. The second kappa shape index (κ2) is 8.32. The summed E-state index contributed by atoms with van der Waals surface area (Å²) >= 11 is 0.